The monoisotopic (exact) mass is 283 g/mol. The molecule has 0 bridgehead atoms. The van der Waals surface area contributed by atoms with E-state index in [0.717, 1.165) is 36.9 Å². The second-order valence-corrected chi connectivity index (χ2v) is 5.86. The first-order valence-corrected chi connectivity index (χ1v) is 6.54. The van der Waals surface area contributed by atoms with Gasteiger partial charge in [-0.25, -0.2) is 0 Å². The largest absolute Gasteiger partial charge is 0.389 e. The molecule has 0 aromatic heterocycles. The van der Waals surface area contributed by atoms with E-state index in [-0.39, 0.29) is 0 Å². The van der Waals surface area contributed by atoms with E-state index in [1.165, 1.54) is 5.56 Å². The Morgan fingerprint density at radius 3 is 3.00 bits per heavy atom. The van der Waals surface area contributed by atoms with E-state index in [4.69, 9.17) is 0 Å². The standard InChI is InChI=1S/C13H18BrNO/c1-13(16)6-3-7-15(10-13)9-11-4-2-5-12(14)8-11/h2,4-5,8,16H,3,6-7,9-10H2,1H3. The molecular formula is C13H18BrNO. The highest BCUT2D eigenvalue weighted by molar-refractivity contribution is 9.10. The Kier molecular flexibility index (Phi) is 3.67. The van der Waals surface area contributed by atoms with E-state index >= 15 is 0 Å². The molecule has 1 aromatic rings. The maximum atomic E-state index is 10.0. The van der Waals surface area contributed by atoms with Crippen LogP contribution in [0.4, 0.5) is 0 Å². The summed E-state index contributed by atoms with van der Waals surface area (Å²) in [5, 5.41) is 10.0. The van der Waals surface area contributed by atoms with Gasteiger partial charge in [-0.1, -0.05) is 28.1 Å². The van der Waals surface area contributed by atoms with Crippen molar-refractivity contribution < 1.29 is 5.11 Å². The molecule has 0 spiro atoms. The number of hydrogen-bond donors (Lipinski definition) is 1. The minimum Gasteiger partial charge on any atom is -0.389 e. The summed E-state index contributed by atoms with van der Waals surface area (Å²) in [6.45, 7) is 4.72. The third kappa shape index (κ3) is 3.30. The van der Waals surface area contributed by atoms with Crippen molar-refractivity contribution in [3.63, 3.8) is 0 Å². The van der Waals surface area contributed by atoms with Gasteiger partial charge in [-0.2, -0.15) is 0 Å². The predicted molar refractivity (Wildman–Crippen MR) is 69.3 cm³/mol. The van der Waals surface area contributed by atoms with Crippen molar-refractivity contribution in [2.75, 3.05) is 13.1 Å². The lowest BCUT2D eigenvalue weighted by Crippen LogP contribution is -2.45. The molecule has 1 heterocycles. The zero-order valence-corrected chi connectivity index (χ0v) is 11.2. The molecule has 3 heteroatoms. The van der Waals surface area contributed by atoms with Crippen LogP contribution in [0.5, 0.6) is 0 Å². The van der Waals surface area contributed by atoms with E-state index in [1.807, 2.05) is 13.0 Å². The van der Waals surface area contributed by atoms with Crippen molar-refractivity contribution in [3.8, 4) is 0 Å². The number of likely N-dealkylation sites (tertiary alicyclic amines) is 1. The maximum Gasteiger partial charge on any atom is 0.0746 e. The number of nitrogens with zero attached hydrogens (tertiary/aromatic N) is 1. The second kappa shape index (κ2) is 4.86. The van der Waals surface area contributed by atoms with Crippen LogP contribution < -0.4 is 0 Å². The van der Waals surface area contributed by atoms with Crippen LogP contribution in [0.2, 0.25) is 0 Å². The summed E-state index contributed by atoms with van der Waals surface area (Å²) in [6.07, 6.45) is 2.00. The molecule has 1 saturated heterocycles. The molecule has 0 aliphatic carbocycles. The summed E-state index contributed by atoms with van der Waals surface area (Å²) < 4.78 is 1.12. The molecule has 1 aliphatic rings. The van der Waals surface area contributed by atoms with Gasteiger partial charge in [0.1, 0.15) is 0 Å². The zero-order chi connectivity index (χ0) is 11.6. The van der Waals surface area contributed by atoms with Gasteiger partial charge in [0.05, 0.1) is 5.60 Å². The Morgan fingerprint density at radius 2 is 2.31 bits per heavy atom. The van der Waals surface area contributed by atoms with Gasteiger partial charge in [-0.3, -0.25) is 4.90 Å². The van der Waals surface area contributed by atoms with Crippen molar-refractivity contribution >= 4 is 15.9 Å². The van der Waals surface area contributed by atoms with Crippen LogP contribution >= 0.6 is 15.9 Å². The van der Waals surface area contributed by atoms with E-state index in [0.29, 0.717) is 0 Å². The molecule has 1 unspecified atom stereocenters. The van der Waals surface area contributed by atoms with Gasteiger partial charge in [-0.05, 0) is 44.0 Å². The molecule has 1 aromatic carbocycles. The molecule has 0 saturated carbocycles. The smallest absolute Gasteiger partial charge is 0.0746 e. The quantitative estimate of drug-likeness (QED) is 0.902. The number of β-amino-alcohol motifs (C(OH)–C–C–N with tert-alkyl or cyclic N) is 1. The Morgan fingerprint density at radius 1 is 1.50 bits per heavy atom. The van der Waals surface area contributed by atoms with Gasteiger partial charge in [-0.15, -0.1) is 0 Å². The molecule has 0 radical (unpaired) electrons. The van der Waals surface area contributed by atoms with Crippen LogP contribution in [0, 0.1) is 0 Å². The number of rotatable bonds is 2. The molecule has 2 nitrogen and oxygen atoms in total. The zero-order valence-electron chi connectivity index (χ0n) is 9.62. The SMILES string of the molecule is CC1(O)CCCN(Cc2cccc(Br)c2)C1. The molecule has 1 atom stereocenters. The van der Waals surface area contributed by atoms with Gasteiger partial charge >= 0.3 is 0 Å². The lowest BCUT2D eigenvalue weighted by atomic mass is 9.95. The first-order chi connectivity index (χ1) is 7.55. The fourth-order valence-electron chi connectivity index (χ4n) is 2.35. The van der Waals surface area contributed by atoms with Gasteiger partial charge < -0.3 is 5.11 Å². The molecule has 2 rings (SSSR count). The minimum absolute atomic E-state index is 0.510. The molecule has 1 aliphatic heterocycles. The van der Waals surface area contributed by atoms with Crippen LogP contribution in [0.1, 0.15) is 25.3 Å². The van der Waals surface area contributed by atoms with Crippen LogP contribution in [-0.4, -0.2) is 28.7 Å². The van der Waals surface area contributed by atoms with Crippen molar-refractivity contribution in [1.29, 1.82) is 0 Å². The van der Waals surface area contributed by atoms with E-state index in [2.05, 4.69) is 39.0 Å². The first kappa shape index (κ1) is 12.1. The summed E-state index contributed by atoms with van der Waals surface area (Å²) in [6, 6.07) is 8.37. The molecule has 16 heavy (non-hydrogen) atoms. The van der Waals surface area contributed by atoms with E-state index < -0.39 is 5.60 Å². The molecule has 88 valence electrons. The molecular weight excluding hydrogens is 266 g/mol. The lowest BCUT2D eigenvalue weighted by Gasteiger charge is -2.36. The number of piperidine rings is 1. The Labute approximate surface area is 105 Å². The van der Waals surface area contributed by atoms with Crippen LogP contribution in [0.15, 0.2) is 28.7 Å². The van der Waals surface area contributed by atoms with E-state index in [1.54, 1.807) is 0 Å². The van der Waals surface area contributed by atoms with Crippen molar-refractivity contribution in [1.82, 2.24) is 4.90 Å². The summed E-state index contributed by atoms with van der Waals surface area (Å²) >= 11 is 3.48. The Balaban J connectivity index is 1.99. The lowest BCUT2D eigenvalue weighted by molar-refractivity contribution is -0.0181. The van der Waals surface area contributed by atoms with Crippen LogP contribution in [-0.2, 0) is 6.54 Å². The van der Waals surface area contributed by atoms with Crippen molar-refractivity contribution in [2.24, 2.45) is 0 Å². The third-order valence-electron chi connectivity index (χ3n) is 3.05. The summed E-state index contributed by atoms with van der Waals surface area (Å²) in [7, 11) is 0. The van der Waals surface area contributed by atoms with Gasteiger partial charge in [0.25, 0.3) is 0 Å². The van der Waals surface area contributed by atoms with Crippen molar-refractivity contribution in [3.05, 3.63) is 34.3 Å². The fraction of sp³-hybridized carbons (Fsp3) is 0.538. The Hall–Kier alpha value is -0.380. The topological polar surface area (TPSA) is 23.5 Å². The molecule has 1 N–H and O–H groups in total. The second-order valence-electron chi connectivity index (χ2n) is 4.94. The third-order valence-corrected chi connectivity index (χ3v) is 3.54. The highest BCUT2D eigenvalue weighted by Gasteiger charge is 2.27. The molecule has 1 fully saturated rings. The summed E-state index contributed by atoms with van der Waals surface area (Å²) in [4.78, 5) is 2.32. The highest BCUT2D eigenvalue weighted by Crippen LogP contribution is 2.22. The van der Waals surface area contributed by atoms with Crippen molar-refractivity contribution in [2.45, 2.75) is 31.9 Å². The van der Waals surface area contributed by atoms with Crippen LogP contribution in [0.25, 0.3) is 0 Å². The highest BCUT2D eigenvalue weighted by atomic mass is 79.9. The minimum atomic E-state index is -0.510. The number of hydrogen-bond acceptors (Lipinski definition) is 2. The van der Waals surface area contributed by atoms with Gasteiger partial charge in [0.15, 0.2) is 0 Å². The van der Waals surface area contributed by atoms with Gasteiger partial charge in [0.2, 0.25) is 0 Å². The van der Waals surface area contributed by atoms with E-state index in [9.17, 15) is 5.11 Å². The first-order valence-electron chi connectivity index (χ1n) is 5.74. The number of halogens is 1. The van der Waals surface area contributed by atoms with Gasteiger partial charge in [0, 0.05) is 17.6 Å². The Bertz CT molecular complexity index is 365. The molecule has 0 amide bonds. The van der Waals surface area contributed by atoms with Crippen LogP contribution in [0.3, 0.4) is 0 Å². The average Bonchev–Trinajstić information content (AvgIpc) is 2.15. The summed E-state index contributed by atoms with van der Waals surface area (Å²) in [5.74, 6) is 0. The number of aliphatic hydroxyl groups is 1. The average molecular weight is 284 g/mol. The fourth-order valence-corrected chi connectivity index (χ4v) is 2.80. The maximum absolute atomic E-state index is 10.0. The number of benzene rings is 1. The normalized spacial score (nSPS) is 26.9. The summed E-state index contributed by atoms with van der Waals surface area (Å²) in [5.41, 5.74) is 0.789. The predicted octanol–water partition coefficient (Wildman–Crippen LogP) is 2.80.